The molecule has 0 saturated carbocycles. The van der Waals surface area contributed by atoms with Crippen LogP contribution in [0.2, 0.25) is 0 Å². The molecule has 0 amide bonds. The molecular weight excluding hydrogens is 288 g/mol. The van der Waals surface area contributed by atoms with Gasteiger partial charge in [0.05, 0.1) is 11.9 Å². The van der Waals surface area contributed by atoms with Crippen LogP contribution in [0.3, 0.4) is 0 Å². The number of rotatable bonds is 5. The third-order valence-corrected chi connectivity index (χ3v) is 4.34. The first-order chi connectivity index (χ1) is 11.3. The summed E-state index contributed by atoms with van der Waals surface area (Å²) in [6.07, 6.45) is 6.32. The number of benzene rings is 1. The van der Waals surface area contributed by atoms with Crippen LogP contribution in [0, 0.1) is 0 Å². The second-order valence-corrected chi connectivity index (χ2v) is 6.05. The van der Waals surface area contributed by atoms with Gasteiger partial charge in [-0.1, -0.05) is 6.92 Å². The quantitative estimate of drug-likeness (QED) is 0.918. The Balaban J connectivity index is 1.68. The fraction of sp³-hybridized carbons (Fsp3) is 0.444. The maximum Gasteiger partial charge on any atom is 0.120 e. The van der Waals surface area contributed by atoms with Crippen LogP contribution in [0.25, 0.3) is 11.3 Å². The molecule has 0 bridgehead atoms. The van der Waals surface area contributed by atoms with Crippen LogP contribution in [0.5, 0.6) is 5.75 Å². The van der Waals surface area contributed by atoms with Crippen LogP contribution in [0.1, 0.15) is 18.9 Å². The summed E-state index contributed by atoms with van der Waals surface area (Å²) < 4.78 is 0. The highest BCUT2D eigenvalue weighted by Gasteiger charge is 2.17. The van der Waals surface area contributed by atoms with Gasteiger partial charge in [-0.2, -0.15) is 0 Å². The summed E-state index contributed by atoms with van der Waals surface area (Å²) in [6, 6.07) is 5.67. The average Bonchev–Trinajstić information content (AvgIpc) is 2.59. The van der Waals surface area contributed by atoms with Gasteiger partial charge in [-0.15, -0.1) is 0 Å². The minimum atomic E-state index is 0.355. The first-order valence-corrected chi connectivity index (χ1v) is 8.29. The van der Waals surface area contributed by atoms with Crippen molar-refractivity contribution in [1.82, 2.24) is 19.8 Å². The van der Waals surface area contributed by atoms with E-state index in [1.807, 2.05) is 12.1 Å². The first-order valence-electron chi connectivity index (χ1n) is 8.29. The van der Waals surface area contributed by atoms with E-state index in [0.717, 1.165) is 49.5 Å². The van der Waals surface area contributed by atoms with E-state index in [4.69, 9.17) is 0 Å². The Bertz CT molecular complexity index is 624. The molecule has 1 fully saturated rings. The molecule has 0 spiro atoms. The minimum absolute atomic E-state index is 0.355. The van der Waals surface area contributed by atoms with Gasteiger partial charge in [-0.3, -0.25) is 14.9 Å². The molecule has 122 valence electrons. The summed E-state index contributed by atoms with van der Waals surface area (Å²) in [5, 5.41) is 10.2. The van der Waals surface area contributed by atoms with E-state index >= 15 is 0 Å². The Morgan fingerprint density at radius 3 is 2.57 bits per heavy atom. The molecule has 1 saturated heterocycles. The number of hydrogen-bond donors (Lipinski definition) is 1. The largest absolute Gasteiger partial charge is 0.508 e. The molecule has 0 unspecified atom stereocenters. The highest BCUT2D eigenvalue weighted by Crippen LogP contribution is 2.25. The third kappa shape index (κ3) is 4.06. The van der Waals surface area contributed by atoms with E-state index < -0.39 is 0 Å². The predicted octanol–water partition coefficient (Wildman–Crippen LogP) is 2.38. The molecule has 0 aliphatic carbocycles. The smallest absolute Gasteiger partial charge is 0.120 e. The molecule has 23 heavy (non-hydrogen) atoms. The number of piperazine rings is 1. The highest BCUT2D eigenvalue weighted by atomic mass is 16.3. The molecule has 2 aromatic rings. The van der Waals surface area contributed by atoms with E-state index in [-0.39, 0.29) is 0 Å². The van der Waals surface area contributed by atoms with Gasteiger partial charge in [0.15, 0.2) is 0 Å². The van der Waals surface area contributed by atoms with Crippen molar-refractivity contribution >= 4 is 0 Å². The van der Waals surface area contributed by atoms with Gasteiger partial charge in [0.25, 0.3) is 0 Å². The SMILES string of the molecule is CCCN1CCN(Cc2cc(-c3cnccn3)ccc2O)CC1. The van der Waals surface area contributed by atoms with Gasteiger partial charge in [-0.25, -0.2) is 0 Å². The van der Waals surface area contributed by atoms with Crippen molar-refractivity contribution in [1.29, 1.82) is 0 Å². The Hall–Kier alpha value is -1.98. The van der Waals surface area contributed by atoms with Crippen molar-refractivity contribution in [2.45, 2.75) is 19.9 Å². The maximum absolute atomic E-state index is 10.2. The van der Waals surface area contributed by atoms with Crippen LogP contribution in [0.4, 0.5) is 0 Å². The Morgan fingerprint density at radius 2 is 1.87 bits per heavy atom. The van der Waals surface area contributed by atoms with Crippen molar-refractivity contribution in [3.63, 3.8) is 0 Å². The lowest BCUT2D eigenvalue weighted by atomic mass is 10.1. The summed E-state index contributed by atoms with van der Waals surface area (Å²) >= 11 is 0. The lowest BCUT2D eigenvalue weighted by Gasteiger charge is -2.34. The zero-order chi connectivity index (χ0) is 16.1. The molecule has 1 aliphatic heterocycles. The molecule has 1 aliphatic rings. The summed E-state index contributed by atoms with van der Waals surface area (Å²) in [4.78, 5) is 13.4. The van der Waals surface area contributed by atoms with Gasteiger partial charge in [0, 0.05) is 56.2 Å². The second-order valence-electron chi connectivity index (χ2n) is 6.05. The molecule has 5 heteroatoms. The van der Waals surface area contributed by atoms with Crippen molar-refractivity contribution in [2.75, 3.05) is 32.7 Å². The Labute approximate surface area is 137 Å². The standard InChI is InChI=1S/C18H24N4O/c1-2-7-21-8-10-22(11-9-21)14-16-12-15(3-4-18(16)23)17-13-19-5-6-20-17/h3-6,12-13,23H,2,7-11,14H2,1H3. The lowest BCUT2D eigenvalue weighted by Crippen LogP contribution is -2.45. The van der Waals surface area contributed by atoms with Crippen LogP contribution < -0.4 is 0 Å². The first kappa shape index (κ1) is 15.9. The number of aromatic hydroxyl groups is 1. The fourth-order valence-corrected chi connectivity index (χ4v) is 3.05. The van der Waals surface area contributed by atoms with E-state index in [0.29, 0.717) is 5.75 Å². The molecular formula is C18H24N4O. The molecule has 0 atom stereocenters. The number of aromatic nitrogens is 2. The summed E-state index contributed by atoms with van der Waals surface area (Å²) in [6.45, 7) is 8.50. The normalized spacial score (nSPS) is 16.6. The van der Waals surface area contributed by atoms with Gasteiger partial charge < -0.3 is 10.0 Å². The van der Waals surface area contributed by atoms with Crippen molar-refractivity contribution in [2.24, 2.45) is 0 Å². The minimum Gasteiger partial charge on any atom is -0.508 e. The van der Waals surface area contributed by atoms with E-state index in [1.165, 1.54) is 13.0 Å². The number of phenols is 1. The lowest BCUT2D eigenvalue weighted by molar-refractivity contribution is 0.126. The summed E-state index contributed by atoms with van der Waals surface area (Å²) in [5.41, 5.74) is 2.79. The second kappa shape index (κ2) is 7.53. The molecule has 3 rings (SSSR count). The third-order valence-electron chi connectivity index (χ3n) is 4.34. The molecule has 1 aromatic carbocycles. The predicted molar refractivity (Wildman–Crippen MR) is 91.1 cm³/mol. The zero-order valence-electron chi connectivity index (χ0n) is 13.6. The van der Waals surface area contributed by atoms with Crippen molar-refractivity contribution in [3.05, 3.63) is 42.4 Å². The van der Waals surface area contributed by atoms with Crippen LogP contribution in [0.15, 0.2) is 36.8 Å². The molecule has 0 radical (unpaired) electrons. The van der Waals surface area contributed by atoms with E-state index in [9.17, 15) is 5.11 Å². The molecule has 1 aromatic heterocycles. The fourth-order valence-electron chi connectivity index (χ4n) is 3.05. The van der Waals surface area contributed by atoms with E-state index in [1.54, 1.807) is 24.7 Å². The Morgan fingerprint density at radius 1 is 1.09 bits per heavy atom. The van der Waals surface area contributed by atoms with Crippen molar-refractivity contribution in [3.8, 4) is 17.0 Å². The van der Waals surface area contributed by atoms with Gasteiger partial charge in [-0.05, 0) is 31.2 Å². The van der Waals surface area contributed by atoms with Crippen LogP contribution in [-0.4, -0.2) is 57.6 Å². The van der Waals surface area contributed by atoms with Crippen molar-refractivity contribution < 1.29 is 5.11 Å². The average molecular weight is 312 g/mol. The number of phenolic OH excluding ortho intramolecular Hbond substituents is 1. The molecule has 2 heterocycles. The van der Waals surface area contributed by atoms with Gasteiger partial charge >= 0.3 is 0 Å². The summed E-state index contributed by atoms with van der Waals surface area (Å²) in [7, 11) is 0. The van der Waals surface area contributed by atoms with Crippen LogP contribution in [-0.2, 0) is 6.54 Å². The van der Waals surface area contributed by atoms with Gasteiger partial charge in [0.1, 0.15) is 5.75 Å². The van der Waals surface area contributed by atoms with Crippen LogP contribution >= 0.6 is 0 Å². The number of hydrogen-bond acceptors (Lipinski definition) is 5. The monoisotopic (exact) mass is 312 g/mol. The zero-order valence-corrected chi connectivity index (χ0v) is 13.6. The maximum atomic E-state index is 10.2. The molecule has 5 nitrogen and oxygen atoms in total. The summed E-state index contributed by atoms with van der Waals surface area (Å²) in [5.74, 6) is 0.355. The topological polar surface area (TPSA) is 52.5 Å². The highest BCUT2D eigenvalue weighted by molar-refractivity contribution is 5.60. The van der Waals surface area contributed by atoms with E-state index in [2.05, 4.69) is 26.7 Å². The molecule has 1 N–H and O–H groups in total. The van der Waals surface area contributed by atoms with Gasteiger partial charge in [0.2, 0.25) is 0 Å². The Kier molecular flexibility index (Phi) is 5.20. The number of nitrogens with zero attached hydrogens (tertiary/aromatic N) is 4.